The van der Waals surface area contributed by atoms with Crippen molar-refractivity contribution in [3.8, 4) is 0 Å². The molecule has 34 heavy (non-hydrogen) atoms. The minimum atomic E-state index is -4.87. The summed E-state index contributed by atoms with van der Waals surface area (Å²) in [5.41, 5.74) is 0.663. The molecule has 2 heterocycles. The van der Waals surface area contributed by atoms with E-state index in [1.807, 2.05) is 29.2 Å². The second-order valence-electron chi connectivity index (χ2n) is 9.58. The first-order valence-electron chi connectivity index (χ1n) is 11.9. The third-order valence-electron chi connectivity index (χ3n) is 7.58. The highest BCUT2D eigenvalue weighted by Crippen LogP contribution is 2.40. The lowest BCUT2D eigenvalue weighted by Gasteiger charge is -2.50. The maximum absolute atomic E-state index is 13.4. The summed E-state index contributed by atoms with van der Waals surface area (Å²) in [7, 11) is 0. The molecule has 1 aliphatic carbocycles. The molecule has 188 valence electrons. The molecule has 5 nitrogen and oxygen atoms in total. The first-order chi connectivity index (χ1) is 16.2. The number of nitrogens with zero attached hydrogens (tertiary/aromatic N) is 2. The molecule has 1 aromatic carbocycles. The minimum absolute atomic E-state index is 0.00278. The number of halogens is 4. The van der Waals surface area contributed by atoms with Crippen LogP contribution in [-0.4, -0.2) is 77.6 Å². The van der Waals surface area contributed by atoms with Crippen LogP contribution in [0.3, 0.4) is 0 Å². The van der Waals surface area contributed by atoms with Gasteiger partial charge in [-0.1, -0.05) is 43.0 Å². The summed E-state index contributed by atoms with van der Waals surface area (Å²) in [4.78, 5) is 29.0. The van der Waals surface area contributed by atoms with Crippen molar-refractivity contribution in [1.82, 2.24) is 15.1 Å². The van der Waals surface area contributed by atoms with Crippen molar-refractivity contribution in [3.05, 3.63) is 34.9 Å². The summed E-state index contributed by atoms with van der Waals surface area (Å²) in [6.07, 6.45) is -0.431. The lowest BCUT2D eigenvalue weighted by molar-refractivity contribution is -0.174. The van der Waals surface area contributed by atoms with Gasteiger partial charge in [-0.3, -0.25) is 14.5 Å². The highest BCUT2D eigenvalue weighted by atomic mass is 35.5. The summed E-state index contributed by atoms with van der Waals surface area (Å²) in [5, 5.41) is 2.82. The molecule has 4 rings (SSSR count). The SMILES string of the molecule is O=C([C@@H]1CSC[C@H]1c1ccc(Cl)cc1)N1CCN(C2(CNC(=O)C(F)(F)F)CCCCC2)CC1. The number of carbonyl (C=O) groups is 2. The molecule has 3 aliphatic rings. The number of piperazine rings is 1. The van der Waals surface area contributed by atoms with Gasteiger partial charge in [0.05, 0.1) is 5.92 Å². The Labute approximate surface area is 207 Å². The molecule has 0 spiro atoms. The number of nitrogens with one attached hydrogen (secondary N) is 1. The monoisotopic (exact) mass is 517 g/mol. The molecule has 1 saturated carbocycles. The van der Waals surface area contributed by atoms with Gasteiger partial charge in [0, 0.05) is 60.7 Å². The molecule has 2 aliphatic heterocycles. The van der Waals surface area contributed by atoms with E-state index in [9.17, 15) is 22.8 Å². The van der Waals surface area contributed by atoms with E-state index < -0.39 is 17.6 Å². The van der Waals surface area contributed by atoms with Crippen LogP contribution in [0, 0.1) is 5.92 Å². The summed E-state index contributed by atoms with van der Waals surface area (Å²) >= 11 is 7.82. The van der Waals surface area contributed by atoms with Gasteiger partial charge in [-0.25, -0.2) is 0 Å². The number of carbonyl (C=O) groups excluding carboxylic acids is 2. The van der Waals surface area contributed by atoms with Crippen LogP contribution < -0.4 is 5.32 Å². The fourth-order valence-corrected chi connectivity index (χ4v) is 7.20. The Morgan fingerprint density at radius 3 is 2.29 bits per heavy atom. The Kier molecular flexibility index (Phi) is 8.04. The zero-order chi connectivity index (χ0) is 24.3. The number of benzene rings is 1. The maximum atomic E-state index is 13.4. The van der Waals surface area contributed by atoms with Crippen LogP contribution in [0.15, 0.2) is 24.3 Å². The Morgan fingerprint density at radius 2 is 1.68 bits per heavy atom. The number of hydrogen-bond acceptors (Lipinski definition) is 4. The molecule has 0 unspecified atom stereocenters. The summed E-state index contributed by atoms with van der Waals surface area (Å²) in [5.74, 6) is 0.0631. The van der Waals surface area contributed by atoms with Crippen molar-refractivity contribution in [1.29, 1.82) is 0 Å². The molecular formula is C24H31ClF3N3O2S. The topological polar surface area (TPSA) is 52.7 Å². The molecule has 10 heteroatoms. The van der Waals surface area contributed by atoms with E-state index in [0.717, 1.165) is 49.2 Å². The summed E-state index contributed by atoms with van der Waals surface area (Å²) in [6, 6.07) is 7.72. The highest BCUT2D eigenvalue weighted by molar-refractivity contribution is 7.99. The second kappa shape index (κ2) is 10.7. The number of amides is 2. The Bertz CT molecular complexity index is 869. The lowest BCUT2D eigenvalue weighted by atomic mass is 9.79. The predicted octanol–water partition coefficient (Wildman–Crippen LogP) is 4.31. The molecule has 0 radical (unpaired) electrons. The van der Waals surface area contributed by atoms with Gasteiger partial charge in [0.15, 0.2) is 0 Å². The normalized spacial score (nSPS) is 25.8. The fourth-order valence-electron chi connectivity index (χ4n) is 5.63. The zero-order valence-electron chi connectivity index (χ0n) is 19.1. The van der Waals surface area contributed by atoms with Crippen LogP contribution in [0.25, 0.3) is 0 Å². The Balaban J connectivity index is 1.38. The van der Waals surface area contributed by atoms with E-state index in [-0.39, 0.29) is 24.3 Å². The molecule has 1 N–H and O–H groups in total. The molecule has 1 aromatic rings. The van der Waals surface area contributed by atoms with E-state index in [1.54, 1.807) is 11.8 Å². The molecule has 2 amide bonds. The molecular weight excluding hydrogens is 487 g/mol. The van der Waals surface area contributed by atoms with Gasteiger partial charge in [-0.15, -0.1) is 0 Å². The zero-order valence-corrected chi connectivity index (χ0v) is 20.7. The average molecular weight is 518 g/mol. The maximum Gasteiger partial charge on any atom is 0.471 e. The van der Waals surface area contributed by atoms with Crippen molar-refractivity contribution in [2.24, 2.45) is 5.92 Å². The minimum Gasteiger partial charge on any atom is -0.346 e. The fraction of sp³-hybridized carbons (Fsp3) is 0.667. The van der Waals surface area contributed by atoms with Gasteiger partial charge in [-0.05, 0) is 30.5 Å². The molecule has 0 aromatic heterocycles. The van der Waals surface area contributed by atoms with Gasteiger partial charge in [0.1, 0.15) is 0 Å². The van der Waals surface area contributed by atoms with Crippen LogP contribution in [0.1, 0.15) is 43.6 Å². The van der Waals surface area contributed by atoms with Gasteiger partial charge in [-0.2, -0.15) is 24.9 Å². The van der Waals surface area contributed by atoms with Gasteiger partial charge >= 0.3 is 12.1 Å². The summed E-state index contributed by atoms with van der Waals surface area (Å²) in [6.45, 7) is 2.33. The van der Waals surface area contributed by atoms with Crippen LogP contribution in [-0.2, 0) is 9.59 Å². The third-order valence-corrected chi connectivity index (χ3v) is 9.02. The van der Waals surface area contributed by atoms with Crippen LogP contribution in [0.5, 0.6) is 0 Å². The van der Waals surface area contributed by atoms with Crippen molar-refractivity contribution in [3.63, 3.8) is 0 Å². The van der Waals surface area contributed by atoms with Crippen molar-refractivity contribution < 1.29 is 22.8 Å². The van der Waals surface area contributed by atoms with Crippen LogP contribution >= 0.6 is 23.4 Å². The van der Waals surface area contributed by atoms with Gasteiger partial charge < -0.3 is 10.2 Å². The average Bonchev–Trinajstić information content (AvgIpc) is 3.32. The van der Waals surface area contributed by atoms with E-state index in [4.69, 9.17) is 11.6 Å². The first-order valence-corrected chi connectivity index (χ1v) is 13.4. The number of thioether (sulfide) groups is 1. The van der Waals surface area contributed by atoms with Crippen molar-refractivity contribution in [2.75, 3.05) is 44.2 Å². The molecule has 2 atom stereocenters. The number of rotatable bonds is 5. The van der Waals surface area contributed by atoms with Gasteiger partial charge in [0.2, 0.25) is 5.91 Å². The molecule has 0 bridgehead atoms. The smallest absolute Gasteiger partial charge is 0.346 e. The molecule has 3 fully saturated rings. The molecule has 2 saturated heterocycles. The van der Waals surface area contributed by atoms with E-state index in [1.165, 1.54) is 0 Å². The first kappa shape index (κ1) is 25.6. The van der Waals surface area contributed by atoms with Crippen molar-refractivity contribution >= 4 is 35.2 Å². The number of hydrogen-bond donors (Lipinski definition) is 1. The highest BCUT2D eigenvalue weighted by Gasteiger charge is 2.45. The quantitative estimate of drug-likeness (QED) is 0.632. The largest absolute Gasteiger partial charge is 0.471 e. The lowest BCUT2D eigenvalue weighted by Crippen LogP contribution is -2.63. The van der Waals surface area contributed by atoms with E-state index >= 15 is 0 Å². The van der Waals surface area contributed by atoms with E-state index in [2.05, 4.69) is 10.2 Å². The van der Waals surface area contributed by atoms with E-state index in [0.29, 0.717) is 31.2 Å². The van der Waals surface area contributed by atoms with Crippen molar-refractivity contribution in [2.45, 2.75) is 49.7 Å². The Hall–Kier alpha value is -1.45. The summed E-state index contributed by atoms with van der Waals surface area (Å²) < 4.78 is 38.3. The standard InChI is InChI=1S/C24H31ClF3N3O2S/c25-18-6-4-17(5-7-18)19-14-34-15-20(19)21(32)30-10-12-31(13-11-30)23(8-2-1-3-9-23)16-29-22(33)24(26,27)28/h4-7,19-20H,1-3,8-16H2,(H,29,33)/t19-,20+/m0/s1. The second-order valence-corrected chi connectivity index (χ2v) is 11.1. The van der Waals surface area contributed by atoms with Crippen LogP contribution in [0.2, 0.25) is 5.02 Å². The predicted molar refractivity (Wildman–Crippen MR) is 128 cm³/mol. The third kappa shape index (κ3) is 5.68. The van der Waals surface area contributed by atoms with Crippen LogP contribution in [0.4, 0.5) is 13.2 Å². The number of alkyl halides is 3. The Morgan fingerprint density at radius 1 is 1.03 bits per heavy atom. The van der Waals surface area contributed by atoms with Gasteiger partial charge in [0.25, 0.3) is 0 Å².